The lowest BCUT2D eigenvalue weighted by Crippen LogP contribution is -2.12. The number of rotatable bonds is 6. The number of hydrogen-bond acceptors (Lipinski definition) is 5. The molecule has 0 radical (unpaired) electrons. The monoisotopic (exact) mass is 276 g/mol. The van der Waals surface area contributed by atoms with Crippen LogP contribution in [-0.4, -0.2) is 31.6 Å². The molecule has 0 fully saturated rings. The van der Waals surface area contributed by atoms with Crippen LogP contribution >= 0.6 is 0 Å². The normalized spacial score (nSPS) is 12.3. The second-order valence-corrected chi connectivity index (χ2v) is 4.53. The summed E-state index contributed by atoms with van der Waals surface area (Å²) in [6.07, 6.45) is 3.13. The molecule has 2 rings (SSSR count). The Labute approximate surface area is 116 Å². The summed E-state index contributed by atoms with van der Waals surface area (Å²) >= 11 is 0. The first kappa shape index (κ1) is 14.1. The largest absolute Gasteiger partial charge is 0.394 e. The lowest BCUT2D eigenvalue weighted by Gasteiger charge is -2.09. The standard InChI is InChI=1S/C13H16N4O3/c1-2-12(9-18)16-8-11(14-15-16)7-10-3-5-13(6-4-10)17(19)20/h3-6,8,12,18H,2,7,9H2,1H3. The fourth-order valence-corrected chi connectivity index (χ4v) is 1.92. The van der Waals surface area contributed by atoms with Gasteiger partial charge in [-0.2, -0.15) is 0 Å². The van der Waals surface area contributed by atoms with Crippen molar-refractivity contribution in [3.8, 4) is 0 Å². The lowest BCUT2D eigenvalue weighted by atomic mass is 10.1. The molecule has 7 heteroatoms. The molecule has 1 aromatic heterocycles. The van der Waals surface area contributed by atoms with Crippen LogP contribution in [0.25, 0.3) is 0 Å². The van der Waals surface area contributed by atoms with Crippen LogP contribution in [0.5, 0.6) is 0 Å². The Morgan fingerprint density at radius 2 is 2.10 bits per heavy atom. The van der Waals surface area contributed by atoms with Crippen LogP contribution in [0, 0.1) is 10.1 Å². The number of aliphatic hydroxyl groups excluding tert-OH is 1. The molecular formula is C13H16N4O3. The molecule has 106 valence electrons. The third-order valence-corrected chi connectivity index (χ3v) is 3.15. The molecule has 1 unspecified atom stereocenters. The minimum atomic E-state index is -0.423. The van der Waals surface area contributed by atoms with Crippen LogP contribution in [0.15, 0.2) is 30.5 Å². The van der Waals surface area contributed by atoms with Crippen LogP contribution in [-0.2, 0) is 6.42 Å². The number of nitrogens with zero attached hydrogens (tertiary/aromatic N) is 4. The maximum Gasteiger partial charge on any atom is 0.269 e. The first-order valence-electron chi connectivity index (χ1n) is 6.39. The molecule has 0 amide bonds. The molecule has 1 heterocycles. The van der Waals surface area contributed by atoms with Crippen molar-refractivity contribution in [2.45, 2.75) is 25.8 Å². The molecular weight excluding hydrogens is 260 g/mol. The van der Waals surface area contributed by atoms with Crippen LogP contribution in [0.2, 0.25) is 0 Å². The molecule has 1 atom stereocenters. The van der Waals surface area contributed by atoms with E-state index in [2.05, 4.69) is 10.3 Å². The highest BCUT2D eigenvalue weighted by atomic mass is 16.6. The van der Waals surface area contributed by atoms with Gasteiger partial charge in [0.15, 0.2) is 0 Å². The Bertz CT molecular complexity index is 576. The van der Waals surface area contributed by atoms with Gasteiger partial charge in [0, 0.05) is 24.8 Å². The molecule has 0 spiro atoms. The van der Waals surface area contributed by atoms with Gasteiger partial charge in [-0.3, -0.25) is 10.1 Å². The highest BCUT2D eigenvalue weighted by molar-refractivity contribution is 5.34. The molecule has 7 nitrogen and oxygen atoms in total. The second kappa shape index (κ2) is 6.25. The molecule has 2 aromatic rings. The molecule has 1 N–H and O–H groups in total. The number of nitro groups is 1. The molecule has 0 aliphatic carbocycles. The Kier molecular flexibility index (Phi) is 4.41. The lowest BCUT2D eigenvalue weighted by molar-refractivity contribution is -0.384. The van der Waals surface area contributed by atoms with Crippen molar-refractivity contribution >= 4 is 5.69 Å². The van der Waals surface area contributed by atoms with E-state index in [0.29, 0.717) is 6.42 Å². The van der Waals surface area contributed by atoms with Gasteiger partial charge in [-0.25, -0.2) is 4.68 Å². The summed E-state index contributed by atoms with van der Waals surface area (Å²) in [7, 11) is 0. The maximum absolute atomic E-state index is 10.6. The van der Waals surface area contributed by atoms with Gasteiger partial charge >= 0.3 is 0 Å². The fourth-order valence-electron chi connectivity index (χ4n) is 1.92. The Hall–Kier alpha value is -2.28. The molecule has 0 aliphatic rings. The third-order valence-electron chi connectivity index (χ3n) is 3.15. The van der Waals surface area contributed by atoms with Crippen molar-refractivity contribution in [3.63, 3.8) is 0 Å². The average molecular weight is 276 g/mol. The average Bonchev–Trinajstić information content (AvgIpc) is 2.89. The number of non-ortho nitro benzene ring substituents is 1. The van der Waals surface area contributed by atoms with Gasteiger partial charge in [0.25, 0.3) is 5.69 Å². The molecule has 20 heavy (non-hydrogen) atoms. The first-order valence-corrected chi connectivity index (χ1v) is 6.39. The van der Waals surface area contributed by atoms with Crippen molar-refractivity contribution in [2.75, 3.05) is 6.61 Å². The van der Waals surface area contributed by atoms with E-state index in [1.165, 1.54) is 12.1 Å². The summed E-state index contributed by atoms with van der Waals surface area (Å²) in [5.74, 6) is 0. The van der Waals surface area contributed by atoms with Crippen molar-refractivity contribution in [1.29, 1.82) is 0 Å². The van der Waals surface area contributed by atoms with Crippen LogP contribution in [0.4, 0.5) is 5.69 Å². The van der Waals surface area contributed by atoms with E-state index in [9.17, 15) is 15.2 Å². The van der Waals surface area contributed by atoms with Crippen LogP contribution in [0.3, 0.4) is 0 Å². The molecule has 0 bridgehead atoms. The predicted molar refractivity (Wildman–Crippen MR) is 72.3 cm³/mol. The Balaban J connectivity index is 2.08. The zero-order valence-corrected chi connectivity index (χ0v) is 11.1. The van der Waals surface area contributed by atoms with E-state index >= 15 is 0 Å². The summed E-state index contributed by atoms with van der Waals surface area (Å²) in [6.45, 7) is 2.00. The maximum atomic E-state index is 10.6. The van der Waals surface area contributed by atoms with Crippen LogP contribution < -0.4 is 0 Å². The van der Waals surface area contributed by atoms with Gasteiger partial charge in [-0.15, -0.1) is 5.10 Å². The molecule has 0 saturated heterocycles. The van der Waals surface area contributed by atoms with Crippen molar-refractivity contribution < 1.29 is 10.0 Å². The molecule has 0 aliphatic heterocycles. The number of nitro benzene ring substituents is 1. The second-order valence-electron chi connectivity index (χ2n) is 4.53. The summed E-state index contributed by atoms with van der Waals surface area (Å²) < 4.78 is 1.65. The number of hydrogen-bond donors (Lipinski definition) is 1. The van der Waals surface area contributed by atoms with E-state index in [0.717, 1.165) is 17.7 Å². The summed E-state index contributed by atoms with van der Waals surface area (Å²) in [5.41, 5.74) is 1.77. The van der Waals surface area contributed by atoms with Gasteiger partial charge in [0.1, 0.15) is 0 Å². The van der Waals surface area contributed by atoms with Crippen LogP contribution in [0.1, 0.15) is 30.6 Å². The first-order chi connectivity index (χ1) is 9.63. The minimum absolute atomic E-state index is 0.0246. The summed E-state index contributed by atoms with van der Waals surface area (Å²) in [6, 6.07) is 6.30. The van der Waals surface area contributed by atoms with E-state index in [1.807, 2.05) is 6.92 Å². The van der Waals surface area contributed by atoms with Gasteiger partial charge < -0.3 is 5.11 Å². The zero-order valence-electron chi connectivity index (χ0n) is 11.1. The number of aromatic nitrogens is 3. The quantitative estimate of drug-likeness (QED) is 0.640. The minimum Gasteiger partial charge on any atom is -0.394 e. The Morgan fingerprint density at radius 1 is 1.40 bits per heavy atom. The summed E-state index contributed by atoms with van der Waals surface area (Å²) in [4.78, 5) is 10.1. The number of benzene rings is 1. The van der Waals surface area contributed by atoms with E-state index < -0.39 is 4.92 Å². The molecule has 1 aromatic carbocycles. The molecule has 0 saturated carbocycles. The van der Waals surface area contributed by atoms with E-state index in [-0.39, 0.29) is 18.3 Å². The smallest absolute Gasteiger partial charge is 0.269 e. The summed E-state index contributed by atoms with van der Waals surface area (Å²) in [5, 5.41) is 27.8. The third kappa shape index (κ3) is 3.18. The zero-order chi connectivity index (χ0) is 14.5. The highest BCUT2D eigenvalue weighted by Crippen LogP contribution is 2.15. The van der Waals surface area contributed by atoms with E-state index in [4.69, 9.17) is 0 Å². The highest BCUT2D eigenvalue weighted by Gasteiger charge is 2.11. The van der Waals surface area contributed by atoms with Gasteiger partial charge in [0.2, 0.25) is 0 Å². The Morgan fingerprint density at radius 3 is 2.65 bits per heavy atom. The predicted octanol–water partition coefficient (Wildman–Crippen LogP) is 1.72. The fraction of sp³-hybridized carbons (Fsp3) is 0.385. The van der Waals surface area contributed by atoms with Gasteiger partial charge in [-0.05, 0) is 12.0 Å². The van der Waals surface area contributed by atoms with Crippen molar-refractivity contribution in [1.82, 2.24) is 15.0 Å². The van der Waals surface area contributed by atoms with Gasteiger partial charge in [-0.1, -0.05) is 24.3 Å². The number of aliphatic hydroxyl groups is 1. The van der Waals surface area contributed by atoms with Crippen molar-refractivity contribution in [2.24, 2.45) is 0 Å². The topological polar surface area (TPSA) is 94.1 Å². The SMILES string of the molecule is CCC(CO)n1cc(Cc2ccc([N+](=O)[O-])cc2)nn1. The van der Waals surface area contributed by atoms with Crippen molar-refractivity contribution in [3.05, 3.63) is 51.8 Å². The van der Waals surface area contributed by atoms with E-state index in [1.54, 1.807) is 23.0 Å². The van der Waals surface area contributed by atoms with Gasteiger partial charge in [0.05, 0.1) is 23.3 Å².